The number of rotatable bonds is 9. The van der Waals surface area contributed by atoms with E-state index < -0.39 is 53.6 Å². The molecule has 0 bridgehead atoms. The van der Waals surface area contributed by atoms with Crippen LogP contribution in [-0.4, -0.2) is 58.9 Å². The van der Waals surface area contributed by atoms with Crippen LogP contribution in [0.4, 0.5) is 0 Å². The van der Waals surface area contributed by atoms with Crippen molar-refractivity contribution in [3.63, 3.8) is 0 Å². The SMILES string of the molecule is CC(=O)OC[C@H]1O[C@@H](c2cn(CNCC=C(C)C)c(=O)[nH]c2=O)C(OC(C)=O)C1OC(C)=O. The van der Waals surface area contributed by atoms with Crippen molar-refractivity contribution >= 4 is 17.9 Å². The van der Waals surface area contributed by atoms with Gasteiger partial charge in [-0.25, -0.2) is 4.79 Å². The van der Waals surface area contributed by atoms with Crippen LogP contribution in [0.1, 0.15) is 46.3 Å². The molecule has 0 aromatic carbocycles. The Bertz CT molecular complexity index is 1020. The smallest absolute Gasteiger partial charge is 0.329 e. The van der Waals surface area contributed by atoms with Crippen LogP contribution in [0.25, 0.3) is 0 Å². The van der Waals surface area contributed by atoms with Crippen LogP contribution in [0.15, 0.2) is 27.4 Å². The number of aromatic nitrogens is 2. The third-order valence-corrected chi connectivity index (χ3v) is 4.65. The lowest BCUT2D eigenvalue weighted by Gasteiger charge is -2.23. The number of ether oxygens (including phenoxy) is 4. The van der Waals surface area contributed by atoms with Crippen LogP contribution in [0, 0.1) is 0 Å². The zero-order valence-corrected chi connectivity index (χ0v) is 19.2. The van der Waals surface area contributed by atoms with Crippen LogP contribution in [0.3, 0.4) is 0 Å². The fourth-order valence-corrected chi connectivity index (χ4v) is 3.27. The summed E-state index contributed by atoms with van der Waals surface area (Å²) in [7, 11) is 0. The minimum atomic E-state index is -1.21. The molecule has 0 radical (unpaired) electrons. The highest BCUT2D eigenvalue weighted by Gasteiger charge is 2.51. The van der Waals surface area contributed by atoms with Crippen molar-refractivity contribution in [2.24, 2.45) is 0 Å². The highest BCUT2D eigenvalue weighted by molar-refractivity contribution is 5.68. The summed E-state index contributed by atoms with van der Waals surface area (Å²) in [6, 6.07) is 0. The molecule has 33 heavy (non-hydrogen) atoms. The van der Waals surface area contributed by atoms with Crippen LogP contribution >= 0.6 is 0 Å². The van der Waals surface area contributed by atoms with E-state index in [2.05, 4.69) is 10.3 Å². The van der Waals surface area contributed by atoms with Crippen molar-refractivity contribution in [1.82, 2.24) is 14.9 Å². The molecule has 2 unspecified atom stereocenters. The zero-order chi connectivity index (χ0) is 24.7. The van der Waals surface area contributed by atoms with Gasteiger partial charge in [-0.2, -0.15) is 0 Å². The molecule has 4 atom stereocenters. The van der Waals surface area contributed by atoms with Gasteiger partial charge in [0, 0.05) is 33.5 Å². The highest BCUT2D eigenvalue weighted by Crippen LogP contribution is 2.36. The summed E-state index contributed by atoms with van der Waals surface area (Å²) < 4.78 is 22.7. The fourth-order valence-electron chi connectivity index (χ4n) is 3.27. The minimum absolute atomic E-state index is 0.0210. The van der Waals surface area contributed by atoms with E-state index in [0.29, 0.717) is 6.54 Å². The average Bonchev–Trinajstić information content (AvgIpc) is 3.00. The zero-order valence-electron chi connectivity index (χ0n) is 19.2. The second-order valence-corrected chi connectivity index (χ2v) is 7.75. The van der Waals surface area contributed by atoms with Gasteiger partial charge < -0.3 is 18.9 Å². The quantitative estimate of drug-likeness (QED) is 0.218. The summed E-state index contributed by atoms with van der Waals surface area (Å²) in [5.41, 5.74) is -0.329. The summed E-state index contributed by atoms with van der Waals surface area (Å²) in [5, 5.41) is 3.04. The Morgan fingerprint density at radius 1 is 1.06 bits per heavy atom. The van der Waals surface area contributed by atoms with Crippen molar-refractivity contribution in [2.75, 3.05) is 13.2 Å². The number of aromatic amines is 1. The molecule has 1 fully saturated rings. The van der Waals surface area contributed by atoms with Crippen molar-refractivity contribution in [3.8, 4) is 0 Å². The van der Waals surface area contributed by atoms with Crippen molar-refractivity contribution in [1.29, 1.82) is 0 Å². The predicted molar refractivity (Wildman–Crippen MR) is 114 cm³/mol. The largest absolute Gasteiger partial charge is 0.463 e. The van der Waals surface area contributed by atoms with E-state index in [-0.39, 0.29) is 18.8 Å². The second-order valence-electron chi connectivity index (χ2n) is 7.75. The molecule has 2 rings (SSSR count). The maximum Gasteiger partial charge on any atom is 0.329 e. The van der Waals surface area contributed by atoms with Gasteiger partial charge in [-0.05, 0) is 13.8 Å². The summed E-state index contributed by atoms with van der Waals surface area (Å²) >= 11 is 0. The van der Waals surface area contributed by atoms with Gasteiger partial charge in [0.25, 0.3) is 5.56 Å². The number of H-pyrrole nitrogens is 1. The van der Waals surface area contributed by atoms with Gasteiger partial charge in [-0.3, -0.25) is 34.0 Å². The van der Waals surface area contributed by atoms with Crippen LogP contribution in [-0.2, 0) is 40.0 Å². The molecule has 182 valence electrons. The molecular weight excluding hydrogens is 438 g/mol. The molecule has 0 amide bonds. The van der Waals surface area contributed by atoms with Gasteiger partial charge in [-0.1, -0.05) is 11.6 Å². The van der Waals surface area contributed by atoms with E-state index in [1.54, 1.807) is 0 Å². The molecule has 1 saturated heterocycles. The van der Waals surface area contributed by atoms with Crippen LogP contribution in [0.2, 0.25) is 0 Å². The first-order valence-corrected chi connectivity index (χ1v) is 10.3. The molecule has 1 aromatic rings. The van der Waals surface area contributed by atoms with E-state index >= 15 is 0 Å². The number of hydrogen-bond donors (Lipinski definition) is 2. The summed E-state index contributed by atoms with van der Waals surface area (Å²) in [6.07, 6.45) is -1.34. The topological polar surface area (TPSA) is 155 Å². The number of allylic oxidation sites excluding steroid dienone is 1. The number of nitrogens with one attached hydrogen (secondary N) is 2. The Balaban J connectivity index is 2.42. The lowest BCUT2D eigenvalue weighted by atomic mass is 10.0. The maximum atomic E-state index is 12.6. The molecule has 1 aliphatic heterocycles. The van der Waals surface area contributed by atoms with E-state index in [1.165, 1.54) is 17.7 Å². The molecule has 1 aromatic heterocycles. The molecule has 12 heteroatoms. The third kappa shape index (κ3) is 7.39. The van der Waals surface area contributed by atoms with Crippen LogP contribution < -0.4 is 16.6 Å². The number of esters is 3. The molecule has 0 saturated carbocycles. The Hall–Kier alpha value is -3.25. The van der Waals surface area contributed by atoms with Gasteiger partial charge in [0.1, 0.15) is 18.8 Å². The number of nitrogens with zero attached hydrogens (tertiary/aromatic N) is 1. The van der Waals surface area contributed by atoms with Gasteiger partial charge in [0.05, 0.1) is 12.2 Å². The van der Waals surface area contributed by atoms with Crippen molar-refractivity contribution in [3.05, 3.63) is 44.2 Å². The predicted octanol–water partition coefficient (Wildman–Crippen LogP) is -0.0837. The van der Waals surface area contributed by atoms with Crippen molar-refractivity contribution in [2.45, 2.75) is 65.7 Å². The van der Waals surface area contributed by atoms with E-state index in [0.717, 1.165) is 19.4 Å². The number of carbonyl (C=O) groups excluding carboxylic acids is 3. The lowest BCUT2D eigenvalue weighted by molar-refractivity contribution is -0.165. The molecule has 2 heterocycles. The highest BCUT2D eigenvalue weighted by atomic mass is 16.6. The summed E-state index contributed by atoms with van der Waals surface area (Å²) in [4.78, 5) is 61.8. The summed E-state index contributed by atoms with van der Waals surface area (Å²) in [5.74, 6) is -1.98. The summed E-state index contributed by atoms with van der Waals surface area (Å²) in [6.45, 7) is 7.66. The van der Waals surface area contributed by atoms with E-state index in [9.17, 15) is 24.0 Å². The Morgan fingerprint density at radius 2 is 1.70 bits per heavy atom. The number of hydrogen-bond acceptors (Lipinski definition) is 10. The van der Waals surface area contributed by atoms with Crippen LogP contribution in [0.5, 0.6) is 0 Å². The monoisotopic (exact) mass is 467 g/mol. The standard InChI is InChI=1S/C21H29N3O9/c1-11(2)6-7-22-10-24-8-15(20(28)23-21(24)29)17-19(32-14(5)27)18(31-13(4)26)16(33-17)9-30-12(3)25/h6,8,16-19,22H,7,9-10H2,1-5H3,(H,23,28,29)/t16-,17+,18?,19?/m1/s1. The molecule has 0 aliphatic carbocycles. The minimum Gasteiger partial charge on any atom is -0.463 e. The Kier molecular flexibility index (Phi) is 9.12. The molecule has 12 nitrogen and oxygen atoms in total. The van der Waals surface area contributed by atoms with Gasteiger partial charge in [0.15, 0.2) is 12.2 Å². The first-order chi connectivity index (χ1) is 15.5. The fraction of sp³-hybridized carbons (Fsp3) is 0.571. The third-order valence-electron chi connectivity index (χ3n) is 4.65. The van der Waals surface area contributed by atoms with Crippen molar-refractivity contribution < 1.29 is 33.3 Å². The van der Waals surface area contributed by atoms with E-state index in [1.807, 2.05) is 19.9 Å². The number of carbonyl (C=O) groups is 3. The average molecular weight is 467 g/mol. The van der Waals surface area contributed by atoms with E-state index in [4.69, 9.17) is 18.9 Å². The first kappa shape index (κ1) is 26.0. The lowest BCUT2D eigenvalue weighted by Crippen LogP contribution is -2.41. The normalized spacial score (nSPS) is 21.8. The second kappa shape index (κ2) is 11.6. The molecule has 2 N–H and O–H groups in total. The Labute approximate surface area is 189 Å². The van der Waals surface area contributed by atoms with Gasteiger partial charge in [0.2, 0.25) is 0 Å². The molecular formula is C21H29N3O9. The molecule has 0 spiro atoms. The molecule has 1 aliphatic rings. The van der Waals surface area contributed by atoms with Gasteiger partial charge in [-0.15, -0.1) is 0 Å². The maximum absolute atomic E-state index is 12.6. The Morgan fingerprint density at radius 3 is 2.27 bits per heavy atom. The first-order valence-electron chi connectivity index (χ1n) is 10.3. The van der Waals surface area contributed by atoms with Gasteiger partial charge >= 0.3 is 23.6 Å².